The van der Waals surface area contributed by atoms with Crippen molar-refractivity contribution in [2.45, 2.75) is 12.5 Å². The van der Waals surface area contributed by atoms with Crippen LogP contribution in [0.5, 0.6) is 0 Å². The van der Waals surface area contributed by atoms with Crippen LogP contribution in [0.2, 0.25) is 0 Å². The first-order valence-corrected chi connectivity index (χ1v) is 7.43. The number of benzene rings is 2. The fourth-order valence-electron chi connectivity index (χ4n) is 2.14. The molecule has 0 unspecified atom stereocenters. The second-order valence-corrected chi connectivity index (χ2v) is 5.18. The van der Waals surface area contributed by atoms with Gasteiger partial charge in [-0.1, -0.05) is 48.5 Å². The van der Waals surface area contributed by atoms with Crippen molar-refractivity contribution in [1.29, 1.82) is 0 Å². The maximum Gasteiger partial charge on any atom is 0.251 e. The van der Waals surface area contributed by atoms with Gasteiger partial charge in [-0.15, -0.1) is 0 Å². The van der Waals surface area contributed by atoms with Gasteiger partial charge in [0.25, 0.3) is 5.91 Å². The maximum absolute atomic E-state index is 11.9. The molecule has 6 nitrogen and oxygen atoms in total. The summed E-state index contributed by atoms with van der Waals surface area (Å²) in [5, 5.41) is 16.0. The minimum absolute atomic E-state index is 0.113. The molecule has 2 aromatic rings. The van der Waals surface area contributed by atoms with Crippen molar-refractivity contribution in [2.24, 2.45) is 0 Å². The highest BCUT2D eigenvalue weighted by atomic mass is 16.4. The van der Waals surface area contributed by atoms with E-state index in [2.05, 4.69) is 10.6 Å². The average Bonchev–Trinajstić information content (AvgIpc) is 2.60. The number of carbonyl (C=O) groups is 3. The van der Waals surface area contributed by atoms with Gasteiger partial charge >= 0.3 is 0 Å². The zero-order valence-electron chi connectivity index (χ0n) is 12.9. The molecule has 0 radical (unpaired) electrons. The average molecular weight is 325 g/mol. The molecule has 6 heteroatoms. The number of aliphatic carboxylic acids is 1. The van der Waals surface area contributed by atoms with Crippen LogP contribution in [-0.2, 0) is 16.0 Å². The lowest BCUT2D eigenvalue weighted by atomic mass is 10.1. The van der Waals surface area contributed by atoms with E-state index in [-0.39, 0.29) is 13.0 Å². The van der Waals surface area contributed by atoms with E-state index in [1.807, 2.05) is 6.07 Å². The largest absolute Gasteiger partial charge is 0.548 e. The number of nitrogens with one attached hydrogen (secondary N) is 2. The zero-order valence-corrected chi connectivity index (χ0v) is 12.9. The second kappa shape index (κ2) is 8.47. The first kappa shape index (κ1) is 17.2. The topological polar surface area (TPSA) is 98.3 Å². The van der Waals surface area contributed by atoms with Crippen molar-refractivity contribution < 1.29 is 19.5 Å². The van der Waals surface area contributed by atoms with E-state index in [1.54, 1.807) is 54.6 Å². The van der Waals surface area contributed by atoms with Gasteiger partial charge in [0.2, 0.25) is 5.91 Å². The van der Waals surface area contributed by atoms with Crippen molar-refractivity contribution in [2.75, 3.05) is 6.54 Å². The SMILES string of the molecule is O=C(CNC(=O)c1ccccc1)N[C@@H](Cc1ccccc1)C(=O)[O-]. The van der Waals surface area contributed by atoms with E-state index in [4.69, 9.17) is 0 Å². The van der Waals surface area contributed by atoms with Crippen LogP contribution in [0, 0.1) is 0 Å². The lowest BCUT2D eigenvalue weighted by Crippen LogP contribution is -2.51. The summed E-state index contributed by atoms with van der Waals surface area (Å²) in [5.41, 5.74) is 1.19. The number of hydrogen-bond acceptors (Lipinski definition) is 4. The summed E-state index contributed by atoms with van der Waals surface area (Å²) in [6.07, 6.45) is 0.113. The molecular formula is C18H17N2O4-. The molecule has 0 aliphatic carbocycles. The van der Waals surface area contributed by atoms with E-state index in [9.17, 15) is 19.5 Å². The Kier molecular flexibility index (Phi) is 6.08. The molecule has 0 saturated carbocycles. The summed E-state index contributed by atoms with van der Waals surface area (Å²) < 4.78 is 0. The number of hydrogen-bond donors (Lipinski definition) is 2. The van der Waals surface area contributed by atoms with Crippen LogP contribution in [0.1, 0.15) is 15.9 Å². The Morgan fingerprint density at radius 2 is 1.50 bits per heavy atom. The molecule has 0 aromatic heterocycles. The van der Waals surface area contributed by atoms with Gasteiger partial charge < -0.3 is 20.5 Å². The molecule has 1 atom stereocenters. The molecule has 2 aromatic carbocycles. The second-order valence-electron chi connectivity index (χ2n) is 5.18. The predicted octanol–water partition coefficient (Wildman–Crippen LogP) is -0.106. The number of carbonyl (C=O) groups excluding carboxylic acids is 3. The third-order valence-electron chi connectivity index (χ3n) is 3.35. The highest BCUT2D eigenvalue weighted by molar-refractivity contribution is 5.96. The Morgan fingerprint density at radius 1 is 0.917 bits per heavy atom. The predicted molar refractivity (Wildman–Crippen MR) is 85.9 cm³/mol. The van der Waals surface area contributed by atoms with Crippen LogP contribution in [0.3, 0.4) is 0 Å². The van der Waals surface area contributed by atoms with Crippen LogP contribution >= 0.6 is 0 Å². The van der Waals surface area contributed by atoms with Gasteiger partial charge in [0.15, 0.2) is 0 Å². The van der Waals surface area contributed by atoms with Gasteiger partial charge in [-0.25, -0.2) is 0 Å². The highest BCUT2D eigenvalue weighted by Gasteiger charge is 2.15. The third-order valence-corrected chi connectivity index (χ3v) is 3.35. The summed E-state index contributed by atoms with van der Waals surface area (Å²) in [7, 11) is 0. The third kappa shape index (κ3) is 5.24. The molecule has 0 fully saturated rings. The van der Waals surface area contributed by atoms with E-state index >= 15 is 0 Å². The fraction of sp³-hybridized carbons (Fsp3) is 0.167. The Balaban J connectivity index is 1.87. The van der Waals surface area contributed by atoms with Crippen LogP contribution in [0.15, 0.2) is 60.7 Å². The minimum Gasteiger partial charge on any atom is -0.548 e. The normalized spacial score (nSPS) is 11.3. The van der Waals surface area contributed by atoms with Gasteiger partial charge in [-0.3, -0.25) is 9.59 Å². The van der Waals surface area contributed by atoms with Crippen LogP contribution < -0.4 is 15.7 Å². The number of rotatable bonds is 7. The summed E-state index contributed by atoms with van der Waals surface area (Å²) in [6.45, 7) is -0.313. The number of carboxylic acid groups (broad SMARTS) is 1. The molecule has 0 saturated heterocycles. The molecule has 0 bridgehead atoms. The monoisotopic (exact) mass is 325 g/mol. The number of amides is 2. The van der Waals surface area contributed by atoms with Crippen molar-refractivity contribution in [1.82, 2.24) is 10.6 Å². The van der Waals surface area contributed by atoms with E-state index < -0.39 is 23.8 Å². The van der Waals surface area contributed by atoms with Gasteiger partial charge in [-0.2, -0.15) is 0 Å². The van der Waals surface area contributed by atoms with Crippen molar-refractivity contribution in [3.05, 3.63) is 71.8 Å². The summed E-state index contributed by atoms with van der Waals surface area (Å²) in [5.74, 6) is -2.37. The molecule has 124 valence electrons. The Hall–Kier alpha value is -3.15. The fourth-order valence-corrected chi connectivity index (χ4v) is 2.14. The smallest absolute Gasteiger partial charge is 0.251 e. The van der Waals surface area contributed by atoms with Gasteiger partial charge in [-0.05, 0) is 24.1 Å². The van der Waals surface area contributed by atoms with E-state index in [1.165, 1.54) is 0 Å². The zero-order chi connectivity index (χ0) is 17.4. The molecule has 0 heterocycles. The van der Waals surface area contributed by atoms with Gasteiger partial charge in [0.05, 0.1) is 18.6 Å². The van der Waals surface area contributed by atoms with Crippen LogP contribution in [-0.4, -0.2) is 30.4 Å². The molecule has 0 spiro atoms. The summed E-state index contributed by atoms with van der Waals surface area (Å²) in [6, 6.07) is 16.2. The van der Waals surface area contributed by atoms with Gasteiger partial charge in [0.1, 0.15) is 0 Å². The molecule has 0 aliphatic rings. The number of carboxylic acids is 1. The minimum atomic E-state index is -1.37. The molecule has 2 amide bonds. The maximum atomic E-state index is 11.9. The Morgan fingerprint density at radius 3 is 2.08 bits per heavy atom. The molecular weight excluding hydrogens is 308 g/mol. The first-order valence-electron chi connectivity index (χ1n) is 7.43. The van der Waals surface area contributed by atoms with Crippen molar-refractivity contribution in [3.8, 4) is 0 Å². The Labute approximate surface area is 139 Å². The highest BCUT2D eigenvalue weighted by Crippen LogP contribution is 2.03. The Bertz CT molecular complexity index is 701. The van der Waals surface area contributed by atoms with Gasteiger partial charge in [0, 0.05) is 5.56 Å². The quantitative estimate of drug-likeness (QED) is 0.742. The summed E-state index contributed by atoms with van der Waals surface area (Å²) >= 11 is 0. The first-order chi connectivity index (χ1) is 11.6. The molecule has 24 heavy (non-hydrogen) atoms. The summed E-state index contributed by atoms with van der Waals surface area (Å²) in [4.78, 5) is 34.9. The standard InChI is InChI=1S/C18H18N2O4/c21-16(12-19-17(22)14-9-5-2-6-10-14)20-15(18(23)24)11-13-7-3-1-4-8-13/h1-10,15H,11-12H2,(H,19,22)(H,20,21)(H,23,24)/p-1/t15-/m0/s1. The molecule has 2 rings (SSSR count). The van der Waals surface area contributed by atoms with E-state index in [0.29, 0.717) is 5.56 Å². The molecule has 2 N–H and O–H groups in total. The van der Waals surface area contributed by atoms with Crippen LogP contribution in [0.4, 0.5) is 0 Å². The van der Waals surface area contributed by atoms with Crippen LogP contribution in [0.25, 0.3) is 0 Å². The van der Waals surface area contributed by atoms with Crippen molar-refractivity contribution in [3.63, 3.8) is 0 Å². The van der Waals surface area contributed by atoms with E-state index in [0.717, 1.165) is 5.56 Å². The molecule has 0 aliphatic heterocycles. The van der Waals surface area contributed by atoms with Crippen molar-refractivity contribution >= 4 is 17.8 Å². The lowest BCUT2D eigenvalue weighted by molar-refractivity contribution is -0.308. The lowest BCUT2D eigenvalue weighted by Gasteiger charge is -2.20.